The van der Waals surface area contributed by atoms with Gasteiger partial charge in [0.15, 0.2) is 0 Å². The molecule has 0 aliphatic heterocycles. The molecule has 0 amide bonds. The van der Waals surface area contributed by atoms with Crippen molar-refractivity contribution in [3.05, 3.63) is 18.2 Å². The van der Waals surface area contributed by atoms with Gasteiger partial charge in [-0.25, -0.2) is 13.1 Å². The first kappa shape index (κ1) is 13.2. The molecule has 0 saturated heterocycles. The van der Waals surface area contributed by atoms with Crippen LogP contribution >= 0.6 is 0 Å². The molecule has 3 N–H and O–H groups in total. The van der Waals surface area contributed by atoms with Crippen molar-refractivity contribution < 1.29 is 13.2 Å². The first-order valence-corrected chi connectivity index (χ1v) is 7.44. The molecule has 18 heavy (non-hydrogen) atoms. The average molecular weight is 270 g/mol. The van der Waals surface area contributed by atoms with Gasteiger partial charge in [0.2, 0.25) is 10.0 Å². The van der Waals surface area contributed by atoms with Gasteiger partial charge < -0.3 is 10.5 Å². The Kier molecular flexibility index (Phi) is 3.77. The van der Waals surface area contributed by atoms with E-state index in [1.165, 1.54) is 25.7 Å². The number of methoxy groups -OCH3 is 1. The summed E-state index contributed by atoms with van der Waals surface area (Å²) in [6.07, 6.45) is 3.41. The zero-order valence-electron chi connectivity index (χ0n) is 10.3. The summed E-state index contributed by atoms with van der Waals surface area (Å²) >= 11 is 0. The molecule has 1 saturated carbocycles. The van der Waals surface area contributed by atoms with Crippen LogP contribution in [0.15, 0.2) is 23.1 Å². The largest absolute Gasteiger partial charge is 0.495 e. The number of rotatable bonds is 5. The summed E-state index contributed by atoms with van der Waals surface area (Å²) in [7, 11) is -1.97. The zero-order valence-corrected chi connectivity index (χ0v) is 11.2. The maximum Gasteiger partial charge on any atom is 0.240 e. The first-order chi connectivity index (χ1) is 8.53. The van der Waals surface area contributed by atoms with Gasteiger partial charge in [-0.15, -0.1) is 0 Å². The smallest absolute Gasteiger partial charge is 0.240 e. The van der Waals surface area contributed by atoms with Gasteiger partial charge in [-0.05, 0) is 37.0 Å². The molecular weight excluding hydrogens is 252 g/mol. The molecule has 1 fully saturated rings. The highest BCUT2D eigenvalue weighted by atomic mass is 32.2. The van der Waals surface area contributed by atoms with Crippen molar-refractivity contribution in [3.8, 4) is 5.75 Å². The number of hydrogen-bond acceptors (Lipinski definition) is 4. The van der Waals surface area contributed by atoms with Gasteiger partial charge in [-0.3, -0.25) is 0 Å². The lowest BCUT2D eigenvalue weighted by Gasteiger charge is -2.25. The third kappa shape index (κ3) is 2.76. The van der Waals surface area contributed by atoms with Crippen LogP contribution in [-0.2, 0) is 10.0 Å². The predicted molar refractivity (Wildman–Crippen MR) is 69.9 cm³/mol. The van der Waals surface area contributed by atoms with E-state index in [9.17, 15) is 8.42 Å². The fourth-order valence-electron chi connectivity index (χ4n) is 1.89. The summed E-state index contributed by atoms with van der Waals surface area (Å²) in [6, 6.07) is 4.48. The van der Waals surface area contributed by atoms with Crippen LogP contribution in [0.3, 0.4) is 0 Å². The minimum absolute atomic E-state index is 0.181. The second-order valence-corrected chi connectivity index (χ2v) is 6.32. The lowest BCUT2D eigenvalue weighted by molar-refractivity contribution is 0.316. The molecule has 5 nitrogen and oxygen atoms in total. The van der Waals surface area contributed by atoms with Crippen molar-refractivity contribution in [3.63, 3.8) is 0 Å². The number of sulfonamides is 1. The van der Waals surface area contributed by atoms with E-state index in [-0.39, 0.29) is 4.90 Å². The highest BCUT2D eigenvalue weighted by Gasteiger charge is 2.21. The standard InChI is InChI=1S/C12H18N2O3S/c1-17-12-6-5-10(7-11(12)13)18(15,16)14-8-9-3-2-4-9/h5-7,9,14H,2-4,8,13H2,1H3. The van der Waals surface area contributed by atoms with E-state index in [1.807, 2.05) is 0 Å². The van der Waals surface area contributed by atoms with Crippen LogP contribution in [0.5, 0.6) is 5.75 Å². The molecule has 0 spiro atoms. The number of nitrogens with one attached hydrogen (secondary N) is 1. The first-order valence-electron chi connectivity index (χ1n) is 5.96. The number of benzene rings is 1. The Morgan fingerprint density at radius 1 is 1.44 bits per heavy atom. The van der Waals surface area contributed by atoms with Gasteiger partial charge in [-0.1, -0.05) is 6.42 Å². The SMILES string of the molecule is COc1ccc(S(=O)(=O)NCC2CCC2)cc1N. The third-order valence-corrected chi connectivity index (χ3v) is 4.72. The summed E-state index contributed by atoms with van der Waals surface area (Å²) in [5.74, 6) is 0.961. The fourth-order valence-corrected chi connectivity index (χ4v) is 3.04. The Bertz CT molecular complexity index is 524. The molecule has 0 bridgehead atoms. The molecule has 0 heterocycles. The minimum Gasteiger partial charge on any atom is -0.495 e. The van der Waals surface area contributed by atoms with Gasteiger partial charge in [0.25, 0.3) is 0 Å². The molecule has 0 aromatic heterocycles. The maximum absolute atomic E-state index is 12.0. The summed E-state index contributed by atoms with van der Waals surface area (Å²) in [6.45, 7) is 0.508. The Balaban J connectivity index is 2.10. The maximum atomic E-state index is 12.0. The summed E-state index contributed by atoms with van der Waals surface area (Å²) in [5, 5.41) is 0. The predicted octanol–water partition coefficient (Wildman–Crippen LogP) is 1.36. The molecule has 0 radical (unpaired) electrons. The van der Waals surface area contributed by atoms with E-state index in [4.69, 9.17) is 10.5 Å². The Morgan fingerprint density at radius 2 is 2.17 bits per heavy atom. The van der Waals surface area contributed by atoms with Gasteiger partial charge in [0.1, 0.15) is 5.75 Å². The number of hydrogen-bond donors (Lipinski definition) is 2. The van der Waals surface area contributed by atoms with Gasteiger partial charge >= 0.3 is 0 Å². The second kappa shape index (κ2) is 5.16. The van der Waals surface area contributed by atoms with E-state index >= 15 is 0 Å². The molecular formula is C12H18N2O3S. The van der Waals surface area contributed by atoms with Crippen molar-refractivity contribution in [2.75, 3.05) is 19.4 Å². The summed E-state index contributed by atoms with van der Waals surface area (Å²) < 4.78 is 31.7. The highest BCUT2D eigenvalue weighted by Crippen LogP contribution is 2.27. The summed E-state index contributed by atoms with van der Waals surface area (Å²) in [5.41, 5.74) is 6.03. The van der Waals surface area contributed by atoms with Gasteiger partial charge in [-0.2, -0.15) is 0 Å². The average Bonchev–Trinajstić information content (AvgIpc) is 2.26. The molecule has 2 rings (SSSR count). The van der Waals surface area contributed by atoms with Crippen LogP contribution in [0.25, 0.3) is 0 Å². The molecule has 0 atom stereocenters. The topological polar surface area (TPSA) is 81.4 Å². The quantitative estimate of drug-likeness (QED) is 0.791. The highest BCUT2D eigenvalue weighted by molar-refractivity contribution is 7.89. The monoisotopic (exact) mass is 270 g/mol. The van der Waals surface area contributed by atoms with E-state index in [2.05, 4.69) is 4.72 Å². The Morgan fingerprint density at radius 3 is 2.67 bits per heavy atom. The lowest BCUT2D eigenvalue weighted by atomic mass is 9.86. The fraction of sp³-hybridized carbons (Fsp3) is 0.500. The second-order valence-electron chi connectivity index (χ2n) is 4.55. The van der Waals surface area contributed by atoms with E-state index in [1.54, 1.807) is 6.07 Å². The lowest BCUT2D eigenvalue weighted by Crippen LogP contribution is -2.32. The van der Waals surface area contributed by atoms with Gasteiger partial charge in [0.05, 0.1) is 17.7 Å². The van der Waals surface area contributed by atoms with Crippen molar-refractivity contribution in [2.24, 2.45) is 5.92 Å². The van der Waals surface area contributed by atoms with Crippen LogP contribution in [-0.4, -0.2) is 22.1 Å². The minimum atomic E-state index is -3.46. The van der Waals surface area contributed by atoms with Crippen LogP contribution in [0.1, 0.15) is 19.3 Å². The van der Waals surface area contributed by atoms with E-state index in [0.717, 1.165) is 12.8 Å². The van der Waals surface area contributed by atoms with Crippen LogP contribution < -0.4 is 15.2 Å². The normalized spacial score (nSPS) is 16.3. The number of nitrogen functional groups attached to an aromatic ring is 1. The molecule has 1 aromatic carbocycles. The molecule has 6 heteroatoms. The zero-order chi connectivity index (χ0) is 13.2. The van der Waals surface area contributed by atoms with Crippen molar-refractivity contribution >= 4 is 15.7 Å². The van der Waals surface area contributed by atoms with E-state index in [0.29, 0.717) is 23.9 Å². The molecule has 1 aromatic rings. The van der Waals surface area contributed by atoms with Gasteiger partial charge in [0, 0.05) is 6.54 Å². The summed E-state index contributed by atoms with van der Waals surface area (Å²) in [4.78, 5) is 0.181. The Hall–Kier alpha value is -1.27. The molecule has 1 aliphatic carbocycles. The van der Waals surface area contributed by atoms with Crippen LogP contribution in [0.4, 0.5) is 5.69 Å². The van der Waals surface area contributed by atoms with Crippen molar-refractivity contribution in [1.82, 2.24) is 4.72 Å². The third-order valence-electron chi connectivity index (χ3n) is 3.30. The van der Waals surface area contributed by atoms with Crippen LogP contribution in [0, 0.1) is 5.92 Å². The van der Waals surface area contributed by atoms with Crippen molar-refractivity contribution in [2.45, 2.75) is 24.2 Å². The number of ether oxygens (including phenoxy) is 1. The van der Waals surface area contributed by atoms with Crippen LogP contribution in [0.2, 0.25) is 0 Å². The Labute approximate surface area is 107 Å². The number of anilines is 1. The van der Waals surface area contributed by atoms with E-state index < -0.39 is 10.0 Å². The molecule has 0 unspecified atom stereocenters. The number of nitrogens with two attached hydrogens (primary N) is 1. The molecule has 1 aliphatic rings. The molecule has 100 valence electrons. The van der Waals surface area contributed by atoms with Crippen molar-refractivity contribution in [1.29, 1.82) is 0 Å².